The van der Waals surface area contributed by atoms with Crippen LogP contribution in [0.2, 0.25) is 0 Å². The molecular weight excluding hydrogens is 333 g/mol. The number of carbonyl (C=O) groups excluding carboxylic acids is 1. The number of nitrogen functional groups attached to an aromatic ring is 1. The van der Waals surface area contributed by atoms with Crippen LogP contribution in [-0.2, 0) is 6.54 Å². The molecule has 2 aromatic carbocycles. The number of fused-ring (bicyclic) bond motifs is 2. The van der Waals surface area contributed by atoms with Crippen LogP contribution in [0.5, 0.6) is 5.75 Å². The van der Waals surface area contributed by atoms with Gasteiger partial charge in [0.25, 0.3) is 5.91 Å². The number of nitrogens with two attached hydrogens (primary N) is 1. The van der Waals surface area contributed by atoms with E-state index in [2.05, 4.69) is 0 Å². The Morgan fingerprint density at radius 3 is 2.85 bits per heavy atom. The molecule has 0 radical (unpaired) electrons. The fraction of sp³-hybridized carbons (Fsp3) is 0.200. The van der Waals surface area contributed by atoms with Crippen molar-refractivity contribution in [2.75, 3.05) is 19.4 Å². The van der Waals surface area contributed by atoms with E-state index in [1.54, 1.807) is 11.0 Å². The van der Waals surface area contributed by atoms with Gasteiger partial charge in [0.15, 0.2) is 0 Å². The van der Waals surface area contributed by atoms with E-state index in [0.717, 1.165) is 5.56 Å². The van der Waals surface area contributed by atoms with Crippen LogP contribution in [0.4, 0.5) is 10.1 Å². The number of para-hydroxylation sites is 1. The molecule has 1 amide bonds. The highest BCUT2D eigenvalue weighted by molar-refractivity contribution is 6.11. The van der Waals surface area contributed by atoms with Crippen molar-refractivity contribution in [2.24, 2.45) is 0 Å². The number of benzene rings is 2. The molecular formula is C20H18FN3O2. The fourth-order valence-electron chi connectivity index (χ4n) is 3.45. The highest BCUT2D eigenvalue weighted by Crippen LogP contribution is 2.37. The number of methoxy groups -OCH3 is 1. The van der Waals surface area contributed by atoms with E-state index in [-0.39, 0.29) is 5.91 Å². The predicted molar refractivity (Wildman–Crippen MR) is 98.5 cm³/mol. The molecule has 0 unspecified atom stereocenters. The third-order valence-corrected chi connectivity index (χ3v) is 4.77. The number of carbonyl (C=O) groups is 1. The normalized spacial score (nSPS) is 13.3. The number of hydrogen-bond donors (Lipinski definition) is 1. The fourth-order valence-corrected chi connectivity index (χ4v) is 3.45. The second-order valence-corrected chi connectivity index (χ2v) is 6.25. The summed E-state index contributed by atoms with van der Waals surface area (Å²) >= 11 is 0. The number of nitrogens with zero attached hydrogens (tertiary/aromatic N) is 2. The molecule has 132 valence electrons. The summed E-state index contributed by atoms with van der Waals surface area (Å²) in [6.45, 7) is 2.95. The number of anilines is 1. The van der Waals surface area contributed by atoms with Gasteiger partial charge in [-0.05, 0) is 24.6 Å². The molecule has 3 aromatic rings. The first-order chi connectivity index (χ1) is 12.5. The van der Waals surface area contributed by atoms with Gasteiger partial charge in [0.2, 0.25) is 0 Å². The van der Waals surface area contributed by atoms with E-state index >= 15 is 0 Å². The summed E-state index contributed by atoms with van der Waals surface area (Å²) in [6.07, 6.45) is 0. The van der Waals surface area contributed by atoms with Crippen LogP contribution >= 0.6 is 0 Å². The van der Waals surface area contributed by atoms with Crippen LogP contribution in [0, 0.1) is 5.82 Å². The molecule has 2 N–H and O–H groups in total. The maximum Gasteiger partial charge on any atom is 0.258 e. The summed E-state index contributed by atoms with van der Waals surface area (Å²) in [5.41, 5.74) is 9.95. The van der Waals surface area contributed by atoms with Gasteiger partial charge >= 0.3 is 0 Å². The standard InChI is InChI=1S/C20H18FN3O2/c1-3-24-10-16-17(20(24)25)18(22)15-6-4-5-14(19(15)23-16)11-7-12(21)9-13(8-11)26-2/h4-9H,3,10H2,1-2H3,(H2,22,23). The first-order valence-electron chi connectivity index (χ1n) is 8.38. The molecule has 0 saturated heterocycles. The summed E-state index contributed by atoms with van der Waals surface area (Å²) < 4.78 is 19.1. The maximum atomic E-state index is 14.0. The van der Waals surface area contributed by atoms with Crippen molar-refractivity contribution >= 4 is 22.5 Å². The zero-order chi connectivity index (χ0) is 18.4. The van der Waals surface area contributed by atoms with Crippen molar-refractivity contribution in [3.8, 4) is 16.9 Å². The van der Waals surface area contributed by atoms with Crippen LogP contribution in [0.15, 0.2) is 36.4 Å². The number of amides is 1. The molecule has 0 aliphatic carbocycles. The minimum absolute atomic E-state index is 0.0905. The van der Waals surface area contributed by atoms with Gasteiger partial charge in [-0.3, -0.25) is 4.79 Å². The van der Waals surface area contributed by atoms with Crippen LogP contribution in [0.1, 0.15) is 23.0 Å². The van der Waals surface area contributed by atoms with Gasteiger partial charge in [-0.1, -0.05) is 18.2 Å². The second kappa shape index (κ2) is 5.98. The SMILES string of the molecule is CCN1Cc2nc3c(-c4cc(F)cc(OC)c4)cccc3c(N)c2C1=O. The highest BCUT2D eigenvalue weighted by Gasteiger charge is 2.31. The van der Waals surface area contributed by atoms with Gasteiger partial charge in [-0.15, -0.1) is 0 Å². The number of aromatic nitrogens is 1. The molecule has 5 nitrogen and oxygen atoms in total. The molecule has 4 rings (SSSR count). The van der Waals surface area contributed by atoms with E-state index in [1.165, 1.54) is 19.2 Å². The summed E-state index contributed by atoms with van der Waals surface area (Å²) in [7, 11) is 1.50. The Morgan fingerprint density at radius 1 is 1.31 bits per heavy atom. The zero-order valence-corrected chi connectivity index (χ0v) is 14.5. The van der Waals surface area contributed by atoms with Crippen molar-refractivity contribution in [1.29, 1.82) is 0 Å². The molecule has 0 atom stereocenters. The second-order valence-electron chi connectivity index (χ2n) is 6.25. The quantitative estimate of drug-likeness (QED) is 0.783. The van der Waals surface area contributed by atoms with Crippen LogP contribution in [0.3, 0.4) is 0 Å². The lowest BCUT2D eigenvalue weighted by Gasteiger charge is -2.12. The molecule has 6 heteroatoms. The van der Waals surface area contributed by atoms with Gasteiger partial charge in [0, 0.05) is 23.6 Å². The summed E-state index contributed by atoms with van der Waals surface area (Å²) in [5, 5.41) is 0.691. The molecule has 1 aromatic heterocycles. The van der Waals surface area contributed by atoms with Crippen molar-refractivity contribution in [2.45, 2.75) is 13.5 Å². The Morgan fingerprint density at radius 2 is 2.12 bits per heavy atom. The lowest BCUT2D eigenvalue weighted by atomic mass is 9.99. The van der Waals surface area contributed by atoms with Gasteiger partial charge in [0.05, 0.1) is 36.1 Å². The van der Waals surface area contributed by atoms with Crippen LogP contribution in [-0.4, -0.2) is 29.4 Å². The van der Waals surface area contributed by atoms with Crippen molar-refractivity contribution in [3.63, 3.8) is 0 Å². The Kier molecular flexibility index (Phi) is 3.76. The Labute approximate surface area is 150 Å². The summed E-state index contributed by atoms with van der Waals surface area (Å²) in [5.74, 6) is -0.0523. The highest BCUT2D eigenvalue weighted by atomic mass is 19.1. The lowest BCUT2D eigenvalue weighted by molar-refractivity contribution is 0.0787. The van der Waals surface area contributed by atoms with E-state index in [1.807, 2.05) is 25.1 Å². The molecule has 2 heterocycles. The lowest BCUT2D eigenvalue weighted by Crippen LogP contribution is -2.23. The van der Waals surface area contributed by atoms with Gasteiger partial charge in [-0.25, -0.2) is 9.37 Å². The minimum atomic E-state index is -0.391. The minimum Gasteiger partial charge on any atom is -0.497 e. The van der Waals surface area contributed by atoms with Crippen molar-refractivity contribution in [1.82, 2.24) is 9.88 Å². The van der Waals surface area contributed by atoms with Crippen LogP contribution in [0.25, 0.3) is 22.0 Å². The first-order valence-corrected chi connectivity index (χ1v) is 8.38. The van der Waals surface area contributed by atoms with Gasteiger partial charge in [-0.2, -0.15) is 0 Å². The number of ether oxygens (including phenoxy) is 1. The number of halogens is 1. The average Bonchev–Trinajstić information content (AvgIpc) is 2.97. The molecule has 0 saturated carbocycles. The molecule has 0 bridgehead atoms. The monoisotopic (exact) mass is 351 g/mol. The predicted octanol–water partition coefficient (Wildman–Crippen LogP) is 3.61. The molecule has 1 aliphatic rings. The maximum absolute atomic E-state index is 14.0. The molecule has 0 fully saturated rings. The van der Waals surface area contributed by atoms with E-state index in [4.69, 9.17) is 15.5 Å². The largest absolute Gasteiger partial charge is 0.497 e. The topological polar surface area (TPSA) is 68.5 Å². The van der Waals surface area contributed by atoms with Crippen molar-refractivity contribution in [3.05, 3.63) is 53.5 Å². The number of rotatable bonds is 3. The summed E-state index contributed by atoms with van der Waals surface area (Å²) in [6, 6.07) is 10.0. The Hall–Kier alpha value is -3.15. The third-order valence-electron chi connectivity index (χ3n) is 4.77. The Balaban J connectivity index is 1.98. The van der Waals surface area contributed by atoms with Gasteiger partial charge in [0.1, 0.15) is 11.6 Å². The molecule has 1 aliphatic heterocycles. The summed E-state index contributed by atoms with van der Waals surface area (Å²) in [4.78, 5) is 18.9. The zero-order valence-electron chi connectivity index (χ0n) is 14.5. The van der Waals surface area contributed by atoms with Crippen LogP contribution < -0.4 is 10.5 Å². The van der Waals surface area contributed by atoms with E-state index in [0.29, 0.717) is 52.3 Å². The Bertz CT molecular complexity index is 1050. The molecule has 0 spiro atoms. The number of hydrogen-bond acceptors (Lipinski definition) is 4. The van der Waals surface area contributed by atoms with E-state index < -0.39 is 5.82 Å². The molecule has 26 heavy (non-hydrogen) atoms. The third kappa shape index (κ3) is 2.37. The number of pyridine rings is 1. The van der Waals surface area contributed by atoms with E-state index in [9.17, 15) is 9.18 Å². The van der Waals surface area contributed by atoms with Crippen molar-refractivity contribution < 1.29 is 13.9 Å². The smallest absolute Gasteiger partial charge is 0.258 e. The average molecular weight is 351 g/mol. The first kappa shape index (κ1) is 16.3. The van der Waals surface area contributed by atoms with Gasteiger partial charge < -0.3 is 15.4 Å².